The first kappa shape index (κ1) is 18.0. The SMILES string of the molecule is C[C](C)CN1c2ccccc2C[C@H]1COS(=O)(=O)c1ccc(C)cc1. The lowest BCUT2D eigenvalue weighted by molar-refractivity contribution is 0.289. The van der Waals surface area contributed by atoms with Crippen LogP contribution in [-0.2, 0) is 20.7 Å². The zero-order valence-electron chi connectivity index (χ0n) is 14.9. The molecule has 25 heavy (non-hydrogen) atoms. The highest BCUT2D eigenvalue weighted by Crippen LogP contribution is 2.33. The van der Waals surface area contributed by atoms with Gasteiger partial charge in [-0.2, -0.15) is 8.42 Å². The lowest BCUT2D eigenvalue weighted by atomic mass is 10.1. The van der Waals surface area contributed by atoms with Crippen LogP contribution in [0, 0.1) is 12.8 Å². The highest BCUT2D eigenvalue weighted by atomic mass is 32.2. The number of anilines is 1. The Balaban J connectivity index is 1.75. The molecule has 0 amide bonds. The fourth-order valence-electron chi connectivity index (χ4n) is 3.17. The first-order valence-corrected chi connectivity index (χ1v) is 9.87. The van der Waals surface area contributed by atoms with Gasteiger partial charge in [-0.3, -0.25) is 4.18 Å². The van der Waals surface area contributed by atoms with E-state index in [0.29, 0.717) is 0 Å². The molecule has 3 rings (SSSR count). The summed E-state index contributed by atoms with van der Waals surface area (Å²) in [6.07, 6.45) is 0.798. The summed E-state index contributed by atoms with van der Waals surface area (Å²) >= 11 is 0. The molecule has 2 aromatic carbocycles. The maximum atomic E-state index is 12.5. The van der Waals surface area contributed by atoms with Gasteiger partial charge in [-0.1, -0.05) is 49.7 Å². The van der Waals surface area contributed by atoms with Crippen LogP contribution >= 0.6 is 0 Å². The van der Waals surface area contributed by atoms with Crippen LogP contribution in [-0.4, -0.2) is 27.6 Å². The van der Waals surface area contributed by atoms with Crippen LogP contribution in [0.15, 0.2) is 53.4 Å². The molecule has 0 N–H and O–H groups in total. The van der Waals surface area contributed by atoms with E-state index in [4.69, 9.17) is 4.18 Å². The van der Waals surface area contributed by atoms with Crippen molar-refractivity contribution in [1.82, 2.24) is 0 Å². The van der Waals surface area contributed by atoms with Gasteiger partial charge in [-0.05, 0) is 43.0 Å². The summed E-state index contributed by atoms with van der Waals surface area (Å²) in [6.45, 7) is 7.05. The molecule has 1 radical (unpaired) electrons. The molecule has 0 spiro atoms. The minimum atomic E-state index is -3.74. The molecular weight excluding hydrogens is 334 g/mol. The molecule has 0 bridgehead atoms. The van der Waals surface area contributed by atoms with Gasteiger partial charge in [0.05, 0.1) is 17.5 Å². The van der Waals surface area contributed by atoms with Crippen LogP contribution in [0.3, 0.4) is 0 Å². The summed E-state index contributed by atoms with van der Waals surface area (Å²) in [6, 6.07) is 15.0. The van der Waals surface area contributed by atoms with Crippen molar-refractivity contribution in [3.8, 4) is 0 Å². The largest absolute Gasteiger partial charge is 0.365 e. The second-order valence-corrected chi connectivity index (χ2v) is 8.49. The molecule has 1 heterocycles. The molecule has 0 saturated heterocycles. The zero-order valence-corrected chi connectivity index (χ0v) is 15.7. The second kappa shape index (κ2) is 7.18. The Labute approximate surface area is 150 Å². The van der Waals surface area contributed by atoms with E-state index in [9.17, 15) is 8.42 Å². The maximum absolute atomic E-state index is 12.5. The average Bonchev–Trinajstić information content (AvgIpc) is 2.91. The topological polar surface area (TPSA) is 46.6 Å². The van der Waals surface area contributed by atoms with E-state index in [1.807, 2.05) is 19.1 Å². The average molecular weight is 358 g/mol. The normalized spacial score (nSPS) is 17.1. The lowest BCUT2D eigenvalue weighted by Crippen LogP contribution is -2.38. The third-order valence-electron chi connectivity index (χ3n) is 4.41. The van der Waals surface area contributed by atoms with Crippen molar-refractivity contribution in [1.29, 1.82) is 0 Å². The minimum absolute atomic E-state index is 0.0209. The van der Waals surface area contributed by atoms with Gasteiger partial charge in [0.1, 0.15) is 0 Å². The van der Waals surface area contributed by atoms with Gasteiger partial charge >= 0.3 is 0 Å². The summed E-state index contributed by atoms with van der Waals surface area (Å²) in [7, 11) is -3.74. The van der Waals surface area contributed by atoms with E-state index in [0.717, 1.165) is 18.5 Å². The molecule has 133 valence electrons. The first-order chi connectivity index (χ1) is 11.9. The fraction of sp³-hybridized carbons (Fsp3) is 0.350. The van der Waals surface area contributed by atoms with Gasteiger partial charge in [0, 0.05) is 12.2 Å². The molecule has 1 aliphatic rings. The van der Waals surface area contributed by atoms with Gasteiger partial charge in [0.15, 0.2) is 0 Å². The summed E-state index contributed by atoms with van der Waals surface area (Å²) in [4.78, 5) is 2.45. The van der Waals surface area contributed by atoms with Crippen molar-refractivity contribution >= 4 is 15.8 Å². The van der Waals surface area contributed by atoms with Crippen LogP contribution in [0.5, 0.6) is 0 Å². The van der Waals surface area contributed by atoms with Gasteiger partial charge < -0.3 is 4.90 Å². The Morgan fingerprint density at radius 2 is 1.80 bits per heavy atom. The Hall–Kier alpha value is -1.85. The van der Waals surface area contributed by atoms with Crippen molar-refractivity contribution in [2.24, 2.45) is 0 Å². The standard InChI is InChI=1S/C20H24NO3S/c1-15(2)13-21-18(12-17-6-4-5-7-20(17)21)14-24-25(22,23)19-10-8-16(3)9-11-19/h4-11,18H,12-14H2,1-3H3/t18-/m0/s1. The first-order valence-electron chi connectivity index (χ1n) is 8.46. The number of nitrogens with zero attached hydrogens (tertiary/aromatic N) is 1. The molecule has 1 aliphatic heterocycles. The Kier molecular flexibility index (Phi) is 5.16. The number of aryl methyl sites for hydroxylation is 1. The van der Waals surface area contributed by atoms with Crippen molar-refractivity contribution in [2.75, 3.05) is 18.1 Å². The fourth-order valence-corrected chi connectivity index (χ4v) is 4.11. The second-order valence-electron chi connectivity index (χ2n) is 6.87. The van der Waals surface area contributed by atoms with E-state index in [1.54, 1.807) is 24.3 Å². The highest BCUT2D eigenvalue weighted by Gasteiger charge is 2.31. The molecule has 1 atom stereocenters. The molecule has 0 fully saturated rings. The Morgan fingerprint density at radius 3 is 2.48 bits per heavy atom. The molecule has 0 unspecified atom stereocenters. The molecule has 4 nitrogen and oxygen atoms in total. The quantitative estimate of drug-likeness (QED) is 0.738. The maximum Gasteiger partial charge on any atom is 0.297 e. The van der Waals surface area contributed by atoms with Crippen molar-refractivity contribution in [3.05, 3.63) is 65.6 Å². The molecule has 5 heteroatoms. The van der Waals surface area contributed by atoms with E-state index in [-0.39, 0.29) is 17.5 Å². The summed E-state index contributed by atoms with van der Waals surface area (Å²) < 4.78 is 30.3. The van der Waals surface area contributed by atoms with Crippen LogP contribution in [0.4, 0.5) is 5.69 Å². The summed E-state index contributed by atoms with van der Waals surface area (Å²) in [5.41, 5.74) is 3.43. The lowest BCUT2D eigenvalue weighted by Gasteiger charge is -2.28. The minimum Gasteiger partial charge on any atom is -0.365 e. The Morgan fingerprint density at radius 1 is 1.12 bits per heavy atom. The van der Waals surface area contributed by atoms with Crippen LogP contribution < -0.4 is 4.90 Å². The third-order valence-corrected chi connectivity index (χ3v) is 5.71. The van der Waals surface area contributed by atoms with Crippen molar-refractivity contribution in [3.63, 3.8) is 0 Å². The number of hydrogen-bond acceptors (Lipinski definition) is 4. The molecule has 0 saturated carbocycles. The zero-order chi connectivity index (χ0) is 18.0. The van der Waals surface area contributed by atoms with Crippen LogP contribution in [0.1, 0.15) is 25.0 Å². The van der Waals surface area contributed by atoms with Crippen molar-refractivity contribution in [2.45, 2.75) is 38.1 Å². The number of para-hydroxylation sites is 1. The Bertz CT molecular complexity index is 828. The van der Waals surface area contributed by atoms with E-state index in [1.165, 1.54) is 17.2 Å². The molecule has 0 aliphatic carbocycles. The van der Waals surface area contributed by atoms with Crippen LogP contribution in [0.2, 0.25) is 0 Å². The number of fused-ring (bicyclic) bond motifs is 1. The summed E-state index contributed by atoms with van der Waals surface area (Å²) in [5, 5.41) is 0. The summed E-state index contributed by atoms with van der Waals surface area (Å²) in [5.74, 6) is 1.28. The van der Waals surface area contributed by atoms with Gasteiger partial charge in [0.25, 0.3) is 10.1 Å². The molecule has 2 aromatic rings. The predicted octanol–water partition coefficient (Wildman–Crippen LogP) is 3.75. The van der Waals surface area contributed by atoms with Gasteiger partial charge in [0.2, 0.25) is 0 Å². The van der Waals surface area contributed by atoms with Gasteiger partial charge in [-0.15, -0.1) is 0 Å². The van der Waals surface area contributed by atoms with E-state index < -0.39 is 10.1 Å². The predicted molar refractivity (Wildman–Crippen MR) is 100 cm³/mol. The highest BCUT2D eigenvalue weighted by molar-refractivity contribution is 7.86. The van der Waals surface area contributed by atoms with E-state index >= 15 is 0 Å². The smallest absolute Gasteiger partial charge is 0.297 e. The number of hydrogen-bond donors (Lipinski definition) is 0. The molecule has 0 aromatic heterocycles. The van der Waals surface area contributed by atoms with E-state index in [2.05, 4.69) is 30.9 Å². The monoisotopic (exact) mass is 358 g/mol. The van der Waals surface area contributed by atoms with Crippen molar-refractivity contribution < 1.29 is 12.6 Å². The van der Waals surface area contributed by atoms with Gasteiger partial charge in [-0.25, -0.2) is 0 Å². The van der Waals surface area contributed by atoms with Crippen LogP contribution in [0.25, 0.3) is 0 Å². The third kappa shape index (κ3) is 4.05. The number of benzene rings is 2. The number of rotatable bonds is 6. The molecular formula is C20H24NO3S.